The molecule has 8 rings (SSSR count). The molecule has 320 valence electrons. The van der Waals surface area contributed by atoms with Crippen molar-refractivity contribution in [3.8, 4) is 46.0 Å². The van der Waals surface area contributed by atoms with Gasteiger partial charge in [-0.3, -0.25) is 0 Å². The molecule has 4 aliphatic heterocycles. The van der Waals surface area contributed by atoms with Gasteiger partial charge in [0.25, 0.3) is 0 Å². The smallest absolute Gasteiger partial charge is 0.162 e. The first-order valence-corrected chi connectivity index (χ1v) is 19.2. The standard InChI is InChI=1S/2C22H28N4O4/c2*1-23-13-9-17(27-5)18(28-6)10-14(13)24(2)21(23)22-25(3)15-11-19(29-7)20(30-8)12-16(15)26(22)4/h2*9-12H,1-8H3. The molecule has 16 nitrogen and oxygen atoms in total. The van der Waals surface area contributed by atoms with Crippen molar-refractivity contribution in [2.45, 2.75) is 0 Å². The quantitative estimate of drug-likeness (QED) is 0.190. The van der Waals surface area contributed by atoms with E-state index >= 15 is 0 Å². The molecule has 4 aromatic rings. The second-order valence-corrected chi connectivity index (χ2v) is 14.6. The van der Waals surface area contributed by atoms with E-state index in [2.05, 4.69) is 95.6 Å². The third-order valence-corrected chi connectivity index (χ3v) is 11.8. The van der Waals surface area contributed by atoms with E-state index in [1.165, 1.54) is 0 Å². The van der Waals surface area contributed by atoms with Crippen LogP contribution in [0.3, 0.4) is 0 Å². The summed E-state index contributed by atoms with van der Waals surface area (Å²) in [5, 5.41) is 0. The Morgan fingerprint density at radius 3 is 0.400 bits per heavy atom. The van der Waals surface area contributed by atoms with Gasteiger partial charge >= 0.3 is 0 Å². The molecule has 4 aromatic carbocycles. The van der Waals surface area contributed by atoms with Crippen LogP contribution in [0.25, 0.3) is 0 Å². The van der Waals surface area contributed by atoms with Gasteiger partial charge in [0.05, 0.1) is 102 Å². The van der Waals surface area contributed by atoms with Crippen molar-refractivity contribution < 1.29 is 37.9 Å². The highest BCUT2D eigenvalue weighted by Gasteiger charge is 2.40. The van der Waals surface area contributed by atoms with Crippen molar-refractivity contribution in [3.63, 3.8) is 0 Å². The van der Waals surface area contributed by atoms with Crippen molar-refractivity contribution in [2.75, 3.05) is 152 Å². The molecule has 0 unspecified atom stereocenters. The van der Waals surface area contributed by atoms with Gasteiger partial charge in [0, 0.05) is 105 Å². The first-order chi connectivity index (χ1) is 28.7. The Balaban J connectivity index is 0.000000181. The van der Waals surface area contributed by atoms with E-state index in [9.17, 15) is 0 Å². The van der Waals surface area contributed by atoms with E-state index in [-0.39, 0.29) is 0 Å². The molecule has 0 radical (unpaired) electrons. The van der Waals surface area contributed by atoms with Crippen LogP contribution in [0, 0.1) is 0 Å². The average Bonchev–Trinajstić information content (AvgIpc) is 3.85. The average molecular weight is 825 g/mol. The molecular weight excluding hydrogens is 769 g/mol. The summed E-state index contributed by atoms with van der Waals surface area (Å²) >= 11 is 0. The lowest BCUT2D eigenvalue weighted by molar-refractivity contribution is 0.355. The normalized spacial score (nSPS) is 14.9. The van der Waals surface area contributed by atoms with Gasteiger partial charge in [0.1, 0.15) is 0 Å². The Morgan fingerprint density at radius 2 is 0.317 bits per heavy atom. The summed E-state index contributed by atoms with van der Waals surface area (Å²) in [6.07, 6.45) is 0. The number of nitrogens with zero attached hydrogens (tertiary/aromatic N) is 8. The molecule has 0 aromatic heterocycles. The van der Waals surface area contributed by atoms with Crippen LogP contribution in [0.4, 0.5) is 45.5 Å². The molecule has 4 aliphatic rings. The minimum atomic E-state index is 0.702. The van der Waals surface area contributed by atoms with Gasteiger partial charge in [-0.05, 0) is 0 Å². The minimum Gasteiger partial charge on any atom is -0.493 e. The third-order valence-electron chi connectivity index (χ3n) is 11.8. The summed E-state index contributed by atoms with van der Waals surface area (Å²) < 4.78 is 44.1. The zero-order valence-electron chi connectivity index (χ0n) is 37.5. The van der Waals surface area contributed by atoms with Crippen LogP contribution in [0.2, 0.25) is 0 Å². The SMILES string of the molecule is COc1cc2c(cc1OC)N(C)C(=C1N(C)c3cc(OC)c(OC)cc3N1C)N2C.COc1cc2c(cc1OC)N(C)C(=C1N(C)c3cc(OC)c(OC)cc3N1C)N2C. The second-order valence-electron chi connectivity index (χ2n) is 14.6. The highest BCUT2D eigenvalue weighted by molar-refractivity contribution is 5.92. The molecule has 60 heavy (non-hydrogen) atoms. The highest BCUT2D eigenvalue weighted by Crippen LogP contribution is 2.53. The number of ether oxygens (including phenoxy) is 8. The van der Waals surface area contributed by atoms with E-state index < -0.39 is 0 Å². The first kappa shape index (κ1) is 41.3. The van der Waals surface area contributed by atoms with E-state index in [1.807, 2.05) is 48.5 Å². The van der Waals surface area contributed by atoms with Gasteiger partial charge in [-0.15, -0.1) is 0 Å². The van der Waals surface area contributed by atoms with Crippen LogP contribution in [-0.2, 0) is 0 Å². The molecule has 0 saturated carbocycles. The monoisotopic (exact) mass is 824 g/mol. The summed E-state index contributed by atoms with van der Waals surface area (Å²) in [5.74, 6) is 9.78. The predicted octanol–water partition coefficient (Wildman–Crippen LogP) is 6.64. The van der Waals surface area contributed by atoms with Crippen molar-refractivity contribution in [1.82, 2.24) is 0 Å². The number of benzene rings is 4. The fraction of sp³-hybridized carbons (Fsp3) is 0.364. The van der Waals surface area contributed by atoms with Crippen molar-refractivity contribution in [3.05, 3.63) is 71.8 Å². The maximum Gasteiger partial charge on any atom is 0.162 e. The van der Waals surface area contributed by atoms with Gasteiger partial charge in [-0.1, -0.05) is 0 Å². The van der Waals surface area contributed by atoms with Crippen LogP contribution < -0.4 is 77.1 Å². The number of hydrogen-bond acceptors (Lipinski definition) is 16. The number of rotatable bonds is 8. The molecule has 0 fully saturated rings. The molecule has 0 amide bonds. The fourth-order valence-corrected chi connectivity index (χ4v) is 8.59. The number of methoxy groups -OCH3 is 8. The summed E-state index contributed by atoms with van der Waals surface area (Å²) in [6, 6.07) is 16.1. The molecule has 4 heterocycles. The maximum atomic E-state index is 5.51. The molecule has 0 spiro atoms. The first-order valence-electron chi connectivity index (χ1n) is 19.2. The molecule has 0 atom stereocenters. The van der Waals surface area contributed by atoms with E-state index in [0.29, 0.717) is 46.0 Å². The Labute approximate surface area is 352 Å². The molecule has 0 saturated heterocycles. The Kier molecular flexibility index (Phi) is 10.8. The van der Waals surface area contributed by atoms with E-state index in [1.54, 1.807) is 56.9 Å². The Bertz CT molecular complexity index is 1920. The van der Waals surface area contributed by atoms with Crippen molar-refractivity contribution >= 4 is 45.5 Å². The molecular formula is C44H56N8O8. The van der Waals surface area contributed by atoms with Crippen molar-refractivity contribution in [1.29, 1.82) is 0 Å². The largest absolute Gasteiger partial charge is 0.493 e. The molecule has 16 heteroatoms. The number of anilines is 8. The Morgan fingerprint density at radius 1 is 0.217 bits per heavy atom. The zero-order chi connectivity index (χ0) is 43.5. The van der Waals surface area contributed by atoms with Crippen LogP contribution in [-0.4, -0.2) is 113 Å². The zero-order valence-corrected chi connectivity index (χ0v) is 37.5. The fourth-order valence-electron chi connectivity index (χ4n) is 8.59. The van der Waals surface area contributed by atoms with Crippen molar-refractivity contribution in [2.24, 2.45) is 0 Å². The summed E-state index contributed by atoms with van der Waals surface area (Å²) in [4.78, 5) is 17.3. The lowest BCUT2D eigenvalue weighted by Gasteiger charge is -2.27. The number of fused-ring (bicyclic) bond motifs is 4. The summed E-state index contributed by atoms with van der Waals surface area (Å²) in [7, 11) is 29.7. The topological polar surface area (TPSA) is 99.8 Å². The summed E-state index contributed by atoms with van der Waals surface area (Å²) in [5.41, 5.74) is 8.37. The lowest BCUT2D eigenvalue weighted by Crippen LogP contribution is -2.34. The molecule has 0 bridgehead atoms. The van der Waals surface area contributed by atoms with Gasteiger partial charge in [-0.2, -0.15) is 0 Å². The van der Waals surface area contributed by atoms with Gasteiger partial charge in [0.15, 0.2) is 69.3 Å². The molecule has 0 aliphatic carbocycles. The number of hydrogen-bond donors (Lipinski definition) is 0. The van der Waals surface area contributed by atoms with Gasteiger partial charge < -0.3 is 77.1 Å². The second kappa shape index (κ2) is 15.7. The van der Waals surface area contributed by atoms with Gasteiger partial charge in [-0.25, -0.2) is 0 Å². The predicted molar refractivity (Wildman–Crippen MR) is 239 cm³/mol. The van der Waals surface area contributed by atoms with Crippen LogP contribution in [0.5, 0.6) is 46.0 Å². The van der Waals surface area contributed by atoms with E-state index in [4.69, 9.17) is 37.9 Å². The Hall–Kier alpha value is -6.84. The molecule has 0 N–H and O–H groups in total. The lowest BCUT2D eigenvalue weighted by atomic mass is 10.2. The maximum absolute atomic E-state index is 5.51. The highest BCUT2D eigenvalue weighted by atomic mass is 16.5. The van der Waals surface area contributed by atoms with Crippen LogP contribution >= 0.6 is 0 Å². The minimum absolute atomic E-state index is 0.702. The van der Waals surface area contributed by atoms with E-state index in [0.717, 1.165) is 68.8 Å². The third kappa shape index (κ3) is 6.11. The van der Waals surface area contributed by atoms with Crippen LogP contribution in [0.1, 0.15) is 0 Å². The van der Waals surface area contributed by atoms with Crippen LogP contribution in [0.15, 0.2) is 71.8 Å². The van der Waals surface area contributed by atoms with Gasteiger partial charge in [0.2, 0.25) is 0 Å². The summed E-state index contributed by atoms with van der Waals surface area (Å²) in [6.45, 7) is 0.